The van der Waals surface area contributed by atoms with Crippen LogP contribution in [-0.4, -0.2) is 11.6 Å². The van der Waals surface area contributed by atoms with E-state index in [4.69, 9.17) is 0 Å². The van der Waals surface area contributed by atoms with E-state index in [0.717, 1.165) is 6.54 Å². The normalized spacial score (nSPS) is 17.3. The summed E-state index contributed by atoms with van der Waals surface area (Å²) in [5.74, 6) is 0. The van der Waals surface area contributed by atoms with Gasteiger partial charge in [0.25, 0.3) is 0 Å². The van der Waals surface area contributed by atoms with Crippen LogP contribution in [0.5, 0.6) is 0 Å². The summed E-state index contributed by atoms with van der Waals surface area (Å²) < 4.78 is 0. The van der Waals surface area contributed by atoms with Crippen molar-refractivity contribution in [3.8, 4) is 0 Å². The van der Waals surface area contributed by atoms with Crippen LogP contribution >= 0.6 is 15.9 Å². The van der Waals surface area contributed by atoms with Gasteiger partial charge in [-0.25, -0.2) is 0 Å². The Bertz CT molecular complexity index is 792. The predicted molar refractivity (Wildman–Crippen MR) is 113 cm³/mol. The third-order valence-electron chi connectivity index (χ3n) is 4.87. The van der Waals surface area contributed by atoms with Crippen LogP contribution in [0, 0.1) is 41.5 Å². The average molecular weight is 399 g/mol. The lowest BCUT2D eigenvalue weighted by Crippen LogP contribution is -2.46. The number of rotatable bonds is 2. The van der Waals surface area contributed by atoms with Gasteiger partial charge in [0.05, 0.1) is 0 Å². The lowest BCUT2D eigenvalue weighted by Gasteiger charge is -2.42. The van der Waals surface area contributed by atoms with Gasteiger partial charge in [-0.1, -0.05) is 35.4 Å². The first-order valence-electron chi connectivity index (χ1n) is 8.81. The average Bonchev–Trinajstić information content (AvgIpc) is 2.48. The van der Waals surface area contributed by atoms with Gasteiger partial charge in [-0.05, 0) is 85.8 Å². The summed E-state index contributed by atoms with van der Waals surface area (Å²) in [6.45, 7) is 14.0. The molecule has 0 fully saturated rings. The Morgan fingerprint density at radius 2 is 1.20 bits per heavy atom. The zero-order chi connectivity index (χ0) is 18.3. The minimum atomic E-state index is 0.0951. The van der Waals surface area contributed by atoms with Gasteiger partial charge in [-0.2, -0.15) is 0 Å². The Labute approximate surface area is 160 Å². The number of nitrogens with zero attached hydrogens (tertiary/aromatic N) is 2. The first-order chi connectivity index (χ1) is 11.8. The van der Waals surface area contributed by atoms with Gasteiger partial charge in [0.2, 0.25) is 0 Å². The molecular weight excluding hydrogens is 372 g/mol. The van der Waals surface area contributed by atoms with Crippen molar-refractivity contribution in [2.45, 2.75) is 46.6 Å². The molecule has 0 saturated heterocycles. The number of alkyl halides is 1. The SMILES string of the molecule is Cc1cc(C)c(N2C=CCN(c3c(C)cc(C)cc3C)C2Br)c(C)c1. The smallest absolute Gasteiger partial charge is 0.163 e. The molecule has 0 saturated carbocycles. The molecule has 3 rings (SSSR count). The van der Waals surface area contributed by atoms with E-state index in [2.05, 4.69) is 104 Å². The minimum Gasteiger partial charge on any atom is -0.338 e. The van der Waals surface area contributed by atoms with Gasteiger partial charge >= 0.3 is 0 Å². The van der Waals surface area contributed by atoms with Crippen molar-refractivity contribution in [3.63, 3.8) is 0 Å². The highest BCUT2D eigenvalue weighted by Gasteiger charge is 2.28. The number of halogens is 1. The van der Waals surface area contributed by atoms with Crippen molar-refractivity contribution in [2.75, 3.05) is 16.3 Å². The summed E-state index contributed by atoms with van der Waals surface area (Å²) in [4.78, 5) is 4.77. The van der Waals surface area contributed by atoms with Crippen LogP contribution in [0.3, 0.4) is 0 Å². The highest BCUT2D eigenvalue weighted by atomic mass is 79.9. The molecule has 0 amide bonds. The Morgan fingerprint density at radius 3 is 1.68 bits per heavy atom. The third-order valence-corrected chi connectivity index (χ3v) is 5.81. The number of anilines is 2. The Hall–Kier alpha value is -1.74. The lowest BCUT2D eigenvalue weighted by atomic mass is 10.0. The molecule has 0 radical (unpaired) electrons. The molecule has 1 atom stereocenters. The van der Waals surface area contributed by atoms with E-state index >= 15 is 0 Å². The monoisotopic (exact) mass is 398 g/mol. The number of benzene rings is 2. The topological polar surface area (TPSA) is 6.48 Å². The number of hydrogen-bond donors (Lipinski definition) is 0. The standard InChI is InChI=1S/C22H27BrN2/c1-14-10-16(3)20(17(4)11-14)24-8-7-9-25(22(24)23)21-18(5)12-15(2)13-19(21)6/h7-8,10-13,22H,9H2,1-6H3. The molecule has 0 bridgehead atoms. The Balaban J connectivity index is 2.05. The van der Waals surface area contributed by atoms with Gasteiger partial charge in [-0.3, -0.25) is 0 Å². The van der Waals surface area contributed by atoms with Crippen molar-refractivity contribution in [1.82, 2.24) is 0 Å². The van der Waals surface area contributed by atoms with E-state index in [0.29, 0.717) is 0 Å². The summed E-state index contributed by atoms with van der Waals surface area (Å²) in [6, 6.07) is 9.06. The zero-order valence-electron chi connectivity index (χ0n) is 16.0. The molecule has 2 aromatic rings. The van der Waals surface area contributed by atoms with E-state index in [1.165, 1.54) is 44.8 Å². The highest BCUT2D eigenvalue weighted by molar-refractivity contribution is 9.09. The lowest BCUT2D eigenvalue weighted by molar-refractivity contribution is 0.764. The summed E-state index contributed by atoms with van der Waals surface area (Å²) in [7, 11) is 0. The van der Waals surface area contributed by atoms with Gasteiger partial charge in [0.1, 0.15) is 0 Å². The molecule has 3 heteroatoms. The van der Waals surface area contributed by atoms with Crippen LogP contribution in [0.2, 0.25) is 0 Å². The van der Waals surface area contributed by atoms with E-state index in [1.54, 1.807) is 0 Å². The van der Waals surface area contributed by atoms with Crippen molar-refractivity contribution in [2.24, 2.45) is 0 Å². The molecule has 132 valence electrons. The summed E-state index contributed by atoms with van der Waals surface area (Å²) in [5, 5.41) is 0.0951. The maximum atomic E-state index is 3.97. The second-order valence-electron chi connectivity index (χ2n) is 7.25. The first kappa shape index (κ1) is 18.1. The molecule has 0 spiro atoms. The third kappa shape index (κ3) is 3.35. The molecule has 25 heavy (non-hydrogen) atoms. The Morgan fingerprint density at radius 1 is 0.760 bits per heavy atom. The van der Waals surface area contributed by atoms with Gasteiger partial charge in [0.15, 0.2) is 5.08 Å². The van der Waals surface area contributed by atoms with E-state index in [1.807, 2.05) is 0 Å². The van der Waals surface area contributed by atoms with Crippen LogP contribution in [0.1, 0.15) is 33.4 Å². The Kier molecular flexibility index (Phi) is 4.97. The second-order valence-corrected chi connectivity index (χ2v) is 8.07. The van der Waals surface area contributed by atoms with Gasteiger partial charge < -0.3 is 9.80 Å². The van der Waals surface area contributed by atoms with Crippen molar-refractivity contribution >= 4 is 27.3 Å². The molecule has 0 aliphatic carbocycles. The molecule has 2 nitrogen and oxygen atoms in total. The second kappa shape index (κ2) is 6.87. The molecule has 1 heterocycles. The van der Waals surface area contributed by atoms with Gasteiger partial charge in [-0.15, -0.1) is 0 Å². The zero-order valence-corrected chi connectivity index (χ0v) is 17.6. The summed E-state index contributed by atoms with van der Waals surface area (Å²) in [6.07, 6.45) is 4.45. The van der Waals surface area contributed by atoms with Crippen molar-refractivity contribution in [3.05, 3.63) is 69.9 Å². The summed E-state index contributed by atoms with van der Waals surface area (Å²) in [5.41, 5.74) is 10.5. The van der Waals surface area contributed by atoms with Crippen LogP contribution in [0.15, 0.2) is 36.5 Å². The van der Waals surface area contributed by atoms with Crippen molar-refractivity contribution < 1.29 is 0 Å². The predicted octanol–water partition coefficient (Wildman–Crippen LogP) is 6.06. The fraction of sp³-hybridized carbons (Fsp3) is 0.364. The van der Waals surface area contributed by atoms with Crippen LogP contribution in [-0.2, 0) is 0 Å². The molecule has 2 aromatic carbocycles. The highest BCUT2D eigenvalue weighted by Crippen LogP contribution is 2.37. The minimum absolute atomic E-state index is 0.0951. The largest absolute Gasteiger partial charge is 0.338 e. The van der Waals surface area contributed by atoms with Crippen LogP contribution in [0.25, 0.3) is 0 Å². The molecule has 1 aliphatic heterocycles. The maximum absolute atomic E-state index is 3.97. The molecule has 1 unspecified atom stereocenters. The van der Waals surface area contributed by atoms with Crippen LogP contribution < -0.4 is 9.80 Å². The van der Waals surface area contributed by atoms with Crippen LogP contribution in [0.4, 0.5) is 11.4 Å². The molecule has 0 aromatic heterocycles. The van der Waals surface area contributed by atoms with E-state index in [9.17, 15) is 0 Å². The van der Waals surface area contributed by atoms with Crippen molar-refractivity contribution in [1.29, 1.82) is 0 Å². The molecule has 1 aliphatic rings. The first-order valence-corrected chi connectivity index (χ1v) is 9.72. The number of hydrogen-bond acceptors (Lipinski definition) is 2. The molecular formula is C22H27BrN2. The van der Waals surface area contributed by atoms with E-state index in [-0.39, 0.29) is 5.08 Å². The number of aryl methyl sites for hydroxylation is 6. The van der Waals surface area contributed by atoms with E-state index < -0.39 is 0 Å². The maximum Gasteiger partial charge on any atom is 0.163 e. The quantitative estimate of drug-likeness (QED) is 0.448. The molecule has 0 N–H and O–H groups in total. The van der Waals surface area contributed by atoms with Gasteiger partial charge in [0, 0.05) is 24.1 Å². The fourth-order valence-electron chi connectivity index (χ4n) is 4.17. The fourth-order valence-corrected chi connectivity index (χ4v) is 4.88. The summed E-state index contributed by atoms with van der Waals surface area (Å²) >= 11 is 3.97.